The summed E-state index contributed by atoms with van der Waals surface area (Å²) in [5.41, 5.74) is 1.78. The largest absolute Gasteiger partial charge is 0.494 e. The Morgan fingerprint density at radius 2 is 1.95 bits per heavy atom. The number of methoxy groups -OCH3 is 1. The van der Waals surface area contributed by atoms with Crippen LogP contribution in [0.5, 0.6) is 5.75 Å². The molecule has 2 aromatic carbocycles. The molecule has 0 atom stereocenters. The summed E-state index contributed by atoms with van der Waals surface area (Å²) in [4.78, 5) is 10.7. The van der Waals surface area contributed by atoms with E-state index >= 15 is 0 Å². The zero-order valence-electron chi connectivity index (χ0n) is 10.9. The SMILES string of the molecule is COc1ccc(NCc2ccc(C(=O)O)cc2)cc1F. The van der Waals surface area contributed by atoms with Gasteiger partial charge in [-0.2, -0.15) is 0 Å². The maximum absolute atomic E-state index is 13.5. The van der Waals surface area contributed by atoms with Crippen molar-refractivity contribution in [2.45, 2.75) is 6.54 Å². The number of rotatable bonds is 5. The van der Waals surface area contributed by atoms with Gasteiger partial charge in [-0.25, -0.2) is 9.18 Å². The normalized spacial score (nSPS) is 10.1. The van der Waals surface area contributed by atoms with Crippen molar-refractivity contribution in [3.05, 3.63) is 59.4 Å². The summed E-state index contributed by atoms with van der Waals surface area (Å²) in [5, 5.41) is 11.9. The van der Waals surface area contributed by atoms with Crippen LogP contribution in [0, 0.1) is 5.82 Å². The highest BCUT2D eigenvalue weighted by Gasteiger charge is 2.04. The van der Waals surface area contributed by atoms with Gasteiger partial charge in [0.25, 0.3) is 0 Å². The van der Waals surface area contributed by atoms with Crippen LogP contribution in [-0.4, -0.2) is 18.2 Å². The van der Waals surface area contributed by atoms with E-state index in [4.69, 9.17) is 9.84 Å². The van der Waals surface area contributed by atoms with E-state index in [2.05, 4.69) is 5.32 Å². The molecule has 0 aliphatic carbocycles. The molecule has 4 nitrogen and oxygen atoms in total. The predicted molar refractivity (Wildman–Crippen MR) is 73.7 cm³/mol. The van der Waals surface area contributed by atoms with Gasteiger partial charge in [0.15, 0.2) is 11.6 Å². The summed E-state index contributed by atoms with van der Waals surface area (Å²) in [6.07, 6.45) is 0. The Bertz CT molecular complexity index is 611. The molecule has 5 heteroatoms. The number of carbonyl (C=O) groups is 1. The molecule has 0 bridgehead atoms. The third-order valence-electron chi connectivity index (χ3n) is 2.85. The van der Waals surface area contributed by atoms with Crippen molar-refractivity contribution >= 4 is 11.7 Å². The second-order valence-electron chi connectivity index (χ2n) is 4.20. The highest BCUT2D eigenvalue weighted by Crippen LogP contribution is 2.21. The average molecular weight is 275 g/mol. The van der Waals surface area contributed by atoms with Crippen LogP contribution in [-0.2, 0) is 6.54 Å². The predicted octanol–water partition coefficient (Wildman–Crippen LogP) is 3.14. The summed E-state index contributed by atoms with van der Waals surface area (Å²) >= 11 is 0. The Morgan fingerprint density at radius 1 is 1.25 bits per heavy atom. The third-order valence-corrected chi connectivity index (χ3v) is 2.85. The van der Waals surface area contributed by atoms with Crippen molar-refractivity contribution in [1.29, 1.82) is 0 Å². The smallest absolute Gasteiger partial charge is 0.335 e. The second kappa shape index (κ2) is 6.06. The maximum atomic E-state index is 13.5. The lowest BCUT2D eigenvalue weighted by Gasteiger charge is -2.08. The lowest BCUT2D eigenvalue weighted by molar-refractivity contribution is 0.0697. The molecule has 0 aliphatic heterocycles. The van der Waals surface area contributed by atoms with Crippen LogP contribution in [0.2, 0.25) is 0 Å². The number of halogens is 1. The minimum atomic E-state index is -0.957. The molecule has 0 fully saturated rings. The van der Waals surface area contributed by atoms with Gasteiger partial charge in [-0.3, -0.25) is 0 Å². The fraction of sp³-hybridized carbons (Fsp3) is 0.133. The molecule has 2 aromatic rings. The van der Waals surface area contributed by atoms with Crippen molar-refractivity contribution in [2.24, 2.45) is 0 Å². The molecule has 0 unspecified atom stereocenters. The van der Waals surface area contributed by atoms with Crippen molar-refractivity contribution in [2.75, 3.05) is 12.4 Å². The molecular formula is C15H14FNO3. The number of ether oxygens (including phenoxy) is 1. The maximum Gasteiger partial charge on any atom is 0.335 e. The van der Waals surface area contributed by atoms with Crippen LogP contribution >= 0.6 is 0 Å². The highest BCUT2D eigenvalue weighted by molar-refractivity contribution is 5.87. The minimum Gasteiger partial charge on any atom is -0.494 e. The molecule has 104 valence electrons. The third kappa shape index (κ3) is 3.26. The number of carboxylic acids is 1. The van der Waals surface area contributed by atoms with Gasteiger partial charge in [0, 0.05) is 18.3 Å². The fourth-order valence-electron chi connectivity index (χ4n) is 1.75. The Kier molecular flexibility index (Phi) is 4.20. The molecule has 0 aliphatic rings. The molecular weight excluding hydrogens is 261 g/mol. The lowest BCUT2D eigenvalue weighted by atomic mass is 10.1. The van der Waals surface area contributed by atoms with Crippen LogP contribution in [0.4, 0.5) is 10.1 Å². The zero-order valence-corrected chi connectivity index (χ0v) is 10.9. The van der Waals surface area contributed by atoms with E-state index in [0.717, 1.165) is 5.56 Å². The van der Waals surface area contributed by atoms with Crippen molar-refractivity contribution in [3.8, 4) is 5.75 Å². The van der Waals surface area contributed by atoms with Gasteiger partial charge in [0.1, 0.15) is 0 Å². The quantitative estimate of drug-likeness (QED) is 0.880. The molecule has 20 heavy (non-hydrogen) atoms. The molecule has 2 N–H and O–H groups in total. The molecule has 0 spiro atoms. The monoisotopic (exact) mass is 275 g/mol. The van der Waals surface area contributed by atoms with Gasteiger partial charge in [-0.15, -0.1) is 0 Å². The summed E-state index contributed by atoms with van der Waals surface area (Å²) < 4.78 is 18.3. The highest BCUT2D eigenvalue weighted by atomic mass is 19.1. The number of hydrogen-bond donors (Lipinski definition) is 2. The van der Waals surface area contributed by atoms with E-state index in [1.54, 1.807) is 24.3 Å². The molecule has 0 saturated carbocycles. The molecule has 0 saturated heterocycles. The molecule has 0 radical (unpaired) electrons. The first kappa shape index (κ1) is 13.9. The van der Waals surface area contributed by atoms with Gasteiger partial charge in [-0.05, 0) is 29.8 Å². The van der Waals surface area contributed by atoms with E-state index in [0.29, 0.717) is 12.2 Å². The second-order valence-corrected chi connectivity index (χ2v) is 4.20. The fourth-order valence-corrected chi connectivity index (χ4v) is 1.75. The van der Waals surface area contributed by atoms with Crippen LogP contribution in [0.3, 0.4) is 0 Å². The first-order valence-electron chi connectivity index (χ1n) is 6.00. The zero-order chi connectivity index (χ0) is 14.5. The number of nitrogens with one attached hydrogen (secondary N) is 1. The van der Waals surface area contributed by atoms with Crippen molar-refractivity contribution < 1.29 is 19.0 Å². The molecule has 0 aromatic heterocycles. The Morgan fingerprint density at radius 3 is 2.50 bits per heavy atom. The molecule has 0 amide bonds. The number of aromatic carboxylic acids is 1. The van der Waals surface area contributed by atoms with Crippen molar-refractivity contribution in [1.82, 2.24) is 0 Å². The summed E-state index contributed by atoms with van der Waals surface area (Å²) in [5.74, 6) is -1.19. The number of carboxylic acid groups (broad SMARTS) is 1. The summed E-state index contributed by atoms with van der Waals surface area (Å²) in [7, 11) is 1.41. The summed E-state index contributed by atoms with van der Waals surface area (Å²) in [6.45, 7) is 0.478. The Labute approximate surface area is 115 Å². The van der Waals surface area contributed by atoms with Crippen LogP contribution in [0.1, 0.15) is 15.9 Å². The average Bonchev–Trinajstić information content (AvgIpc) is 2.45. The van der Waals surface area contributed by atoms with E-state index in [9.17, 15) is 9.18 Å². The number of anilines is 1. The Hall–Kier alpha value is -2.56. The standard InChI is InChI=1S/C15H14FNO3/c1-20-14-7-6-12(8-13(14)16)17-9-10-2-4-11(5-3-10)15(18)19/h2-8,17H,9H2,1H3,(H,18,19). The van der Waals surface area contributed by atoms with Gasteiger partial charge in [-0.1, -0.05) is 12.1 Å². The van der Waals surface area contributed by atoms with Gasteiger partial charge in [0.05, 0.1) is 12.7 Å². The topological polar surface area (TPSA) is 58.6 Å². The Balaban J connectivity index is 2.01. The first-order chi connectivity index (χ1) is 9.60. The van der Waals surface area contributed by atoms with E-state index < -0.39 is 11.8 Å². The number of benzene rings is 2. The first-order valence-corrected chi connectivity index (χ1v) is 6.00. The van der Waals surface area contributed by atoms with Crippen LogP contribution in [0.15, 0.2) is 42.5 Å². The minimum absolute atomic E-state index is 0.196. The van der Waals surface area contributed by atoms with Gasteiger partial charge >= 0.3 is 5.97 Å². The summed E-state index contributed by atoms with van der Waals surface area (Å²) in [6, 6.07) is 11.1. The van der Waals surface area contributed by atoms with Crippen molar-refractivity contribution in [3.63, 3.8) is 0 Å². The van der Waals surface area contributed by atoms with E-state index in [1.807, 2.05) is 0 Å². The van der Waals surface area contributed by atoms with E-state index in [-0.39, 0.29) is 11.3 Å². The van der Waals surface area contributed by atoms with Gasteiger partial charge in [0.2, 0.25) is 0 Å². The number of hydrogen-bond acceptors (Lipinski definition) is 3. The van der Waals surface area contributed by atoms with Crippen LogP contribution in [0.25, 0.3) is 0 Å². The van der Waals surface area contributed by atoms with E-state index in [1.165, 1.54) is 25.3 Å². The van der Waals surface area contributed by atoms with Gasteiger partial charge < -0.3 is 15.2 Å². The van der Waals surface area contributed by atoms with Crippen LogP contribution < -0.4 is 10.1 Å². The lowest BCUT2D eigenvalue weighted by Crippen LogP contribution is -2.01. The molecule has 0 heterocycles. The molecule has 2 rings (SSSR count).